The van der Waals surface area contributed by atoms with E-state index in [1.54, 1.807) is 12.1 Å². The van der Waals surface area contributed by atoms with Crippen LogP contribution in [0.3, 0.4) is 0 Å². The highest BCUT2D eigenvalue weighted by Gasteiger charge is 2.03. The molecule has 0 spiro atoms. The summed E-state index contributed by atoms with van der Waals surface area (Å²) >= 11 is 11.6. The van der Waals surface area contributed by atoms with Crippen molar-refractivity contribution in [3.63, 3.8) is 0 Å². The molecule has 0 aliphatic rings. The third kappa shape index (κ3) is 3.48. The fraction of sp³-hybridized carbons (Fsp3) is 0.167. The average Bonchev–Trinajstić information content (AvgIpc) is 2.36. The normalized spacial score (nSPS) is 10.3. The molecule has 0 bridgehead atoms. The van der Waals surface area contributed by atoms with Crippen LogP contribution in [0.1, 0.15) is 5.56 Å². The van der Waals surface area contributed by atoms with E-state index in [1.165, 1.54) is 6.20 Å². The van der Waals surface area contributed by atoms with E-state index in [9.17, 15) is 0 Å². The summed E-state index contributed by atoms with van der Waals surface area (Å²) in [6, 6.07) is 7.05. The third-order valence-corrected chi connectivity index (χ3v) is 2.82. The zero-order chi connectivity index (χ0) is 13.0. The largest absolute Gasteiger partial charge is 0.508 e. The van der Waals surface area contributed by atoms with Crippen molar-refractivity contribution in [3.8, 4) is 5.75 Å². The average molecular weight is 284 g/mol. The predicted octanol–water partition coefficient (Wildman–Crippen LogP) is 3.14. The molecule has 0 unspecified atom stereocenters. The Kier molecular flexibility index (Phi) is 4.23. The number of aromatic nitrogens is 2. The molecule has 0 aliphatic carbocycles. The smallest absolute Gasteiger partial charge is 0.224 e. The van der Waals surface area contributed by atoms with E-state index >= 15 is 0 Å². The van der Waals surface area contributed by atoms with Gasteiger partial charge in [0.15, 0.2) is 0 Å². The van der Waals surface area contributed by atoms with Gasteiger partial charge in [-0.1, -0.05) is 23.7 Å². The van der Waals surface area contributed by atoms with Crippen LogP contribution in [-0.4, -0.2) is 21.6 Å². The van der Waals surface area contributed by atoms with E-state index in [2.05, 4.69) is 15.3 Å². The minimum atomic E-state index is 0.159. The Morgan fingerprint density at radius 2 is 1.89 bits per heavy atom. The zero-order valence-corrected chi connectivity index (χ0v) is 10.9. The second-order valence-corrected chi connectivity index (χ2v) is 4.42. The van der Waals surface area contributed by atoms with Crippen molar-refractivity contribution in [1.29, 1.82) is 0 Å². The standard InChI is InChI=1S/C12H11Cl2N3O/c13-10-7-16-12(14)17-11(10)15-6-5-8-1-3-9(18)4-2-8/h1-4,7,18H,5-6H2,(H,15,16,17). The monoisotopic (exact) mass is 283 g/mol. The third-order valence-electron chi connectivity index (χ3n) is 2.36. The lowest BCUT2D eigenvalue weighted by Crippen LogP contribution is -2.07. The van der Waals surface area contributed by atoms with Gasteiger partial charge in [0, 0.05) is 6.54 Å². The number of phenolic OH excluding ortho intramolecular Hbond substituents is 1. The molecular weight excluding hydrogens is 273 g/mol. The van der Waals surface area contributed by atoms with Gasteiger partial charge in [-0.15, -0.1) is 0 Å². The molecule has 94 valence electrons. The fourth-order valence-electron chi connectivity index (χ4n) is 1.46. The van der Waals surface area contributed by atoms with Gasteiger partial charge in [0.2, 0.25) is 5.28 Å². The van der Waals surface area contributed by atoms with Gasteiger partial charge in [-0.3, -0.25) is 0 Å². The number of halogens is 2. The maximum atomic E-state index is 9.16. The molecule has 2 N–H and O–H groups in total. The summed E-state index contributed by atoms with van der Waals surface area (Å²) in [4.78, 5) is 7.76. The molecule has 0 fully saturated rings. The first kappa shape index (κ1) is 12.9. The van der Waals surface area contributed by atoms with Gasteiger partial charge in [-0.25, -0.2) is 4.98 Å². The summed E-state index contributed by atoms with van der Waals surface area (Å²) in [6.07, 6.45) is 2.25. The van der Waals surface area contributed by atoms with Crippen molar-refractivity contribution < 1.29 is 5.11 Å². The molecule has 6 heteroatoms. The minimum Gasteiger partial charge on any atom is -0.508 e. The lowest BCUT2D eigenvalue weighted by molar-refractivity contribution is 0.475. The molecular formula is C12H11Cl2N3O. The molecule has 0 radical (unpaired) electrons. The van der Waals surface area contributed by atoms with Gasteiger partial charge in [0.1, 0.15) is 16.6 Å². The highest BCUT2D eigenvalue weighted by molar-refractivity contribution is 6.33. The minimum absolute atomic E-state index is 0.159. The van der Waals surface area contributed by atoms with Crippen LogP contribution < -0.4 is 5.32 Å². The fourth-order valence-corrected chi connectivity index (χ4v) is 1.75. The molecule has 0 saturated heterocycles. The molecule has 0 atom stereocenters. The number of nitrogens with zero attached hydrogens (tertiary/aromatic N) is 2. The van der Waals surface area contributed by atoms with Crippen LogP contribution in [-0.2, 0) is 6.42 Å². The Morgan fingerprint density at radius 3 is 2.61 bits per heavy atom. The predicted molar refractivity (Wildman–Crippen MR) is 72.4 cm³/mol. The molecule has 18 heavy (non-hydrogen) atoms. The van der Waals surface area contributed by atoms with Crippen molar-refractivity contribution in [3.05, 3.63) is 46.3 Å². The second kappa shape index (κ2) is 5.89. The molecule has 4 nitrogen and oxygen atoms in total. The van der Waals surface area contributed by atoms with Crippen LogP contribution in [0.2, 0.25) is 10.3 Å². The van der Waals surface area contributed by atoms with Gasteiger partial charge in [0.05, 0.1) is 6.20 Å². The van der Waals surface area contributed by atoms with Crippen molar-refractivity contribution >= 4 is 29.0 Å². The molecule has 0 amide bonds. The summed E-state index contributed by atoms with van der Waals surface area (Å²) in [5.74, 6) is 0.785. The van der Waals surface area contributed by atoms with Gasteiger partial charge >= 0.3 is 0 Å². The number of benzene rings is 1. The Morgan fingerprint density at radius 1 is 1.17 bits per heavy atom. The van der Waals surface area contributed by atoms with E-state index in [4.69, 9.17) is 28.3 Å². The molecule has 2 aromatic rings. The van der Waals surface area contributed by atoms with Crippen LogP contribution in [0.5, 0.6) is 5.75 Å². The Bertz CT molecular complexity index is 531. The summed E-state index contributed by atoms with van der Waals surface area (Å²) in [5.41, 5.74) is 1.11. The van der Waals surface area contributed by atoms with Crippen LogP contribution in [0.15, 0.2) is 30.5 Å². The number of aromatic hydroxyl groups is 1. The van der Waals surface area contributed by atoms with E-state index < -0.39 is 0 Å². The molecule has 1 heterocycles. The first-order valence-electron chi connectivity index (χ1n) is 5.35. The number of nitrogens with one attached hydrogen (secondary N) is 1. The molecule has 2 rings (SSSR count). The summed E-state index contributed by atoms with van der Waals surface area (Å²) in [7, 11) is 0. The van der Waals surface area contributed by atoms with Gasteiger partial charge in [0.25, 0.3) is 0 Å². The second-order valence-electron chi connectivity index (χ2n) is 3.68. The number of hydrogen-bond acceptors (Lipinski definition) is 4. The molecule has 0 saturated carbocycles. The van der Waals surface area contributed by atoms with Gasteiger partial charge in [-0.2, -0.15) is 4.98 Å². The van der Waals surface area contributed by atoms with Crippen LogP contribution in [0, 0.1) is 0 Å². The summed E-state index contributed by atoms with van der Waals surface area (Å²) < 4.78 is 0. The Balaban J connectivity index is 1.92. The SMILES string of the molecule is Oc1ccc(CCNc2nc(Cl)ncc2Cl)cc1. The topological polar surface area (TPSA) is 58.0 Å². The maximum Gasteiger partial charge on any atom is 0.224 e. The molecule has 0 aliphatic heterocycles. The van der Waals surface area contributed by atoms with Gasteiger partial charge < -0.3 is 10.4 Å². The lowest BCUT2D eigenvalue weighted by atomic mass is 10.1. The van der Waals surface area contributed by atoms with Gasteiger partial charge in [-0.05, 0) is 35.7 Å². The highest BCUT2D eigenvalue weighted by atomic mass is 35.5. The number of phenols is 1. The van der Waals surface area contributed by atoms with Crippen molar-refractivity contribution in [2.75, 3.05) is 11.9 Å². The quantitative estimate of drug-likeness (QED) is 0.847. The summed E-state index contributed by atoms with van der Waals surface area (Å²) in [6.45, 7) is 0.665. The van der Waals surface area contributed by atoms with Crippen LogP contribution in [0.25, 0.3) is 0 Å². The number of rotatable bonds is 4. The van der Waals surface area contributed by atoms with E-state index in [0.29, 0.717) is 17.4 Å². The van der Waals surface area contributed by atoms with Crippen molar-refractivity contribution in [2.45, 2.75) is 6.42 Å². The van der Waals surface area contributed by atoms with Crippen LogP contribution >= 0.6 is 23.2 Å². The lowest BCUT2D eigenvalue weighted by Gasteiger charge is -2.07. The van der Waals surface area contributed by atoms with E-state index in [0.717, 1.165) is 12.0 Å². The Hall–Kier alpha value is -1.52. The molecule has 1 aromatic carbocycles. The van der Waals surface area contributed by atoms with E-state index in [1.807, 2.05) is 12.1 Å². The van der Waals surface area contributed by atoms with E-state index in [-0.39, 0.29) is 11.0 Å². The highest BCUT2D eigenvalue weighted by Crippen LogP contribution is 2.19. The van der Waals surface area contributed by atoms with Crippen molar-refractivity contribution in [1.82, 2.24) is 9.97 Å². The number of anilines is 1. The van der Waals surface area contributed by atoms with Crippen LogP contribution in [0.4, 0.5) is 5.82 Å². The Labute approximate surface area is 115 Å². The molecule has 1 aromatic heterocycles. The maximum absolute atomic E-state index is 9.16. The summed E-state index contributed by atoms with van der Waals surface area (Å²) in [5, 5.41) is 12.8. The van der Waals surface area contributed by atoms with Crippen molar-refractivity contribution in [2.24, 2.45) is 0 Å². The zero-order valence-electron chi connectivity index (χ0n) is 9.40. The first-order valence-corrected chi connectivity index (χ1v) is 6.10. The first-order chi connectivity index (χ1) is 8.65. The number of hydrogen-bond donors (Lipinski definition) is 2.